The van der Waals surface area contributed by atoms with Crippen LogP contribution in [0.25, 0.3) is 0 Å². The first kappa shape index (κ1) is 24.3. The van der Waals surface area contributed by atoms with E-state index >= 15 is 0 Å². The number of fused-ring (bicyclic) bond motifs is 3. The van der Waals surface area contributed by atoms with Crippen molar-refractivity contribution < 1.29 is 26.7 Å². The third kappa shape index (κ3) is 4.83. The van der Waals surface area contributed by atoms with E-state index in [1.54, 1.807) is 0 Å². The summed E-state index contributed by atoms with van der Waals surface area (Å²) >= 11 is 0. The largest absolute Gasteiger partial charge is 0.389 e. The molecule has 3 aliphatic rings. The first-order valence-corrected chi connectivity index (χ1v) is 12.0. The molecule has 3 aliphatic carbocycles. The standard InChI is InChI=1S/C24H39F5O/c1-4-12-22(2)17(15-24(27,28)29)7-9-18-19-10-8-16(6-5-14-30-21(25)26)23(19,3)13-11-20(18)22/h16-21H,4-15H2,1-3H3. The fraction of sp³-hybridized carbons (Fsp3) is 1.00. The van der Waals surface area contributed by atoms with Crippen LogP contribution in [0.2, 0.25) is 0 Å². The first-order chi connectivity index (χ1) is 14.0. The van der Waals surface area contributed by atoms with Crippen LogP contribution in [0.3, 0.4) is 0 Å². The van der Waals surface area contributed by atoms with E-state index in [2.05, 4.69) is 25.5 Å². The summed E-state index contributed by atoms with van der Waals surface area (Å²) in [6, 6.07) is 0. The van der Waals surface area contributed by atoms with Gasteiger partial charge in [0.15, 0.2) is 0 Å². The van der Waals surface area contributed by atoms with E-state index in [1.165, 1.54) is 0 Å². The molecule has 1 nitrogen and oxygen atoms in total. The summed E-state index contributed by atoms with van der Waals surface area (Å²) in [5.41, 5.74) is -0.0201. The highest BCUT2D eigenvalue weighted by Crippen LogP contribution is 2.67. The summed E-state index contributed by atoms with van der Waals surface area (Å²) in [5.74, 6) is 1.74. The normalized spacial score (nSPS) is 41.7. The van der Waals surface area contributed by atoms with Crippen molar-refractivity contribution in [3.8, 4) is 0 Å². The quantitative estimate of drug-likeness (QED) is 0.274. The molecular formula is C24H39F5O. The number of hydrogen-bond donors (Lipinski definition) is 0. The van der Waals surface area contributed by atoms with E-state index in [0.717, 1.165) is 51.4 Å². The van der Waals surface area contributed by atoms with E-state index in [1.807, 2.05) is 0 Å². The maximum atomic E-state index is 13.3. The number of ether oxygens (including phenoxy) is 1. The second-order valence-electron chi connectivity index (χ2n) is 10.8. The van der Waals surface area contributed by atoms with E-state index in [4.69, 9.17) is 0 Å². The number of halogens is 5. The average molecular weight is 439 g/mol. The first-order valence-electron chi connectivity index (χ1n) is 12.0. The monoisotopic (exact) mass is 438 g/mol. The highest BCUT2D eigenvalue weighted by molar-refractivity contribution is 5.08. The van der Waals surface area contributed by atoms with Gasteiger partial charge in [-0.3, -0.25) is 0 Å². The Morgan fingerprint density at radius 3 is 2.30 bits per heavy atom. The van der Waals surface area contributed by atoms with Crippen molar-refractivity contribution in [1.29, 1.82) is 0 Å². The minimum Gasteiger partial charge on any atom is -0.323 e. The summed E-state index contributed by atoms with van der Waals surface area (Å²) in [5, 5.41) is 0. The van der Waals surface area contributed by atoms with Gasteiger partial charge in [0, 0.05) is 6.42 Å². The van der Waals surface area contributed by atoms with Gasteiger partial charge in [-0.25, -0.2) is 0 Å². The lowest BCUT2D eigenvalue weighted by molar-refractivity contribution is -0.177. The predicted octanol–water partition coefficient (Wildman–Crippen LogP) is 8.23. The molecule has 0 aromatic heterocycles. The molecule has 3 fully saturated rings. The second-order valence-corrected chi connectivity index (χ2v) is 10.8. The highest BCUT2D eigenvalue weighted by atomic mass is 19.4. The van der Waals surface area contributed by atoms with Crippen molar-refractivity contribution in [3.05, 3.63) is 0 Å². The van der Waals surface area contributed by atoms with Gasteiger partial charge < -0.3 is 4.74 Å². The molecule has 0 aromatic rings. The summed E-state index contributed by atoms with van der Waals surface area (Å²) in [7, 11) is 0. The second kappa shape index (κ2) is 9.23. The molecule has 7 unspecified atom stereocenters. The minimum absolute atomic E-state index is 0.106. The van der Waals surface area contributed by atoms with Gasteiger partial charge in [-0.1, -0.05) is 27.2 Å². The molecule has 0 N–H and O–H groups in total. The molecule has 0 bridgehead atoms. The van der Waals surface area contributed by atoms with E-state index in [-0.39, 0.29) is 23.4 Å². The van der Waals surface area contributed by atoms with Crippen LogP contribution >= 0.6 is 0 Å². The van der Waals surface area contributed by atoms with Gasteiger partial charge in [-0.15, -0.1) is 0 Å². The average Bonchev–Trinajstić information content (AvgIpc) is 2.97. The SMILES string of the molecule is CCCC1(C)C(CC(F)(F)F)CCC2C3CCC(CCCOC(F)F)C3(C)CCC21. The van der Waals surface area contributed by atoms with E-state index < -0.39 is 19.2 Å². The van der Waals surface area contributed by atoms with Crippen LogP contribution in [0.15, 0.2) is 0 Å². The van der Waals surface area contributed by atoms with Crippen LogP contribution in [0.1, 0.15) is 91.4 Å². The van der Waals surface area contributed by atoms with Crippen molar-refractivity contribution >= 4 is 0 Å². The van der Waals surface area contributed by atoms with Crippen LogP contribution in [-0.2, 0) is 4.74 Å². The van der Waals surface area contributed by atoms with E-state index in [9.17, 15) is 22.0 Å². The van der Waals surface area contributed by atoms with Gasteiger partial charge in [-0.2, -0.15) is 22.0 Å². The summed E-state index contributed by atoms with van der Waals surface area (Å²) in [6.07, 6.45) is 4.63. The molecule has 0 saturated heterocycles. The lowest BCUT2D eigenvalue weighted by atomic mass is 9.46. The molecular weight excluding hydrogens is 399 g/mol. The molecule has 7 atom stereocenters. The Hall–Kier alpha value is -0.390. The predicted molar refractivity (Wildman–Crippen MR) is 108 cm³/mol. The molecule has 0 spiro atoms. The third-order valence-corrected chi connectivity index (χ3v) is 9.47. The summed E-state index contributed by atoms with van der Waals surface area (Å²) in [4.78, 5) is 0. The minimum atomic E-state index is -4.09. The Bertz CT molecular complexity index is 564. The Labute approximate surface area is 178 Å². The van der Waals surface area contributed by atoms with Crippen molar-refractivity contribution in [1.82, 2.24) is 0 Å². The Balaban J connectivity index is 1.71. The van der Waals surface area contributed by atoms with Crippen molar-refractivity contribution in [3.63, 3.8) is 0 Å². The van der Waals surface area contributed by atoms with Crippen LogP contribution in [0, 0.1) is 40.4 Å². The van der Waals surface area contributed by atoms with Gasteiger partial charge in [0.1, 0.15) is 0 Å². The van der Waals surface area contributed by atoms with Gasteiger partial charge >= 0.3 is 12.8 Å². The zero-order valence-electron chi connectivity index (χ0n) is 18.7. The molecule has 0 heterocycles. The maximum absolute atomic E-state index is 13.3. The van der Waals surface area contributed by atoms with Crippen LogP contribution in [0.4, 0.5) is 22.0 Å². The number of rotatable bonds is 8. The molecule has 0 amide bonds. The van der Waals surface area contributed by atoms with Crippen molar-refractivity contribution in [2.24, 2.45) is 40.4 Å². The Morgan fingerprint density at radius 2 is 1.67 bits per heavy atom. The van der Waals surface area contributed by atoms with Gasteiger partial charge in [-0.05, 0) is 98.2 Å². The highest BCUT2D eigenvalue weighted by Gasteiger charge is 2.59. The number of alkyl halides is 5. The Morgan fingerprint density at radius 1 is 0.967 bits per heavy atom. The fourth-order valence-electron chi connectivity index (χ4n) is 8.16. The smallest absolute Gasteiger partial charge is 0.323 e. The van der Waals surface area contributed by atoms with Crippen LogP contribution < -0.4 is 0 Å². The van der Waals surface area contributed by atoms with Gasteiger partial charge in [0.25, 0.3) is 0 Å². The Kier molecular flexibility index (Phi) is 7.46. The maximum Gasteiger partial charge on any atom is 0.389 e. The molecule has 3 saturated carbocycles. The van der Waals surface area contributed by atoms with Crippen LogP contribution in [0.5, 0.6) is 0 Å². The molecule has 6 heteroatoms. The zero-order valence-corrected chi connectivity index (χ0v) is 18.7. The molecule has 176 valence electrons. The molecule has 0 aromatic carbocycles. The van der Waals surface area contributed by atoms with E-state index in [0.29, 0.717) is 36.5 Å². The van der Waals surface area contributed by atoms with Gasteiger partial charge in [0.05, 0.1) is 6.61 Å². The van der Waals surface area contributed by atoms with Crippen LogP contribution in [-0.4, -0.2) is 19.4 Å². The summed E-state index contributed by atoms with van der Waals surface area (Å²) in [6.45, 7) is 4.03. The topological polar surface area (TPSA) is 9.23 Å². The molecule has 0 aliphatic heterocycles. The van der Waals surface area contributed by atoms with Gasteiger partial charge in [0.2, 0.25) is 0 Å². The molecule has 3 rings (SSSR count). The lowest BCUT2D eigenvalue weighted by Gasteiger charge is -2.59. The van der Waals surface area contributed by atoms with Crippen molar-refractivity contribution in [2.75, 3.05) is 6.61 Å². The lowest BCUT2D eigenvalue weighted by Crippen LogP contribution is -2.52. The van der Waals surface area contributed by atoms with Crippen molar-refractivity contribution in [2.45, 2.75) is 104 Å². The zero-order chi connectivity index (χ0) is 22.2. The molecule has 0 radical (unpaired) electrons. The summed E-state index contributed by atoms with van der Waals surface area (Å²) < 4.78 is 68.9. The number of hydrogen-bond acceptors (Lipinski definition) is 1. The fourth-order valence-corrected chi connectivity index (χ4v) is 8.16. The third-order valence-electron chi connectivity index (χ3n) is 9.47. The molecule has 30 heavy (non-hydrogen) atoms.